The summed E-state index contributed by atoms with van der Waals surface area (Å²) in [5, 5.41) is 0.269. The maximum atomic E-state index is 15.2. The molecule has 2 aliphatic rings. The van der Waals surface area contributed by atoms with E-state index in [1.165, 1.54) is 18.2 Å². The predicted molar refractivity (Wildman–Crippen MR) is 161 cm³/mol. The highest BCUT2D eigenvalue weighted by molar-refractivity contribution is 6.33. The quantitative estimate of drug-likeness (QED) is 0.357. The van der Waals surface area contributed by atoms with E-state index >= 15 is 4.39 Å². The number of aryl methyl sites for hydroxylation is 1. The van der Waals surface area contributed by atoms with Gasteiger partial charge in [0.2, 0.25) is 5.91 Å². The third-order valence-corrected chi connectivity index (χ3v) is 8.32. The lowest BCUT2D eigenvalue weighted by Crippen LogP contribution is -2.54. The second-order valence-corrected chi connectivity index (χ2v) is 11.4. The third kappa shape index (κ3) is 5.05. The zero-order valence-electron chi connectivity index (χ0n) is 23.8. The molecule has 41 heavy (non-hydrogen) atoms. The molecule has 2 aliphatic heterocycles. The Hall–Kier alpha value is -3.92. The van der Waals surface area contributed by atoms with Gasteiger partial charge in [-0.05, 0) is 56.0 Å². The first-order valence-corrected chi connectivity index (χ1v) is 14.2. The number of nitrogens with two attached hydrogens (primary N) is 1. The van der Waals surface area contributed by atoms with Crippen LogP contribution in [0.3, 0.4) is 0 Å². The van der Waals surface area contributed by atoms with Crippen LogP contribution >= 0.6 is 11.6 Å². The number of nitrogen functional groups attached to an aromatic ring is 1. The van der Waals surface area contributed by atoms with Crippen LogP contribution in [0.1, 0.15) is 49.2 Å². The Morgan fingerprint density at radius 3 is 2.66 bits per heavy atom. The summed E-state index contributed by atoms with van der Waals surface area (Å²) in [6, 6.07) is 4.55. The van der Waals surface area contributed by atoms with Gasteiger partial charge < -0.3 is 20.4 Å². The van der Waals surface area contributed by atoms with Crippen LogP contribution in [0.25, 0.3) is 5.69 Å². The number of pyridine rings is 1. The van der Waals surface area contributed by atoms with Crippen LogP contribution in [0.15, 0.2) is 41.8 Å². The number of hydrogen-bond acceptors (Lipinski definition) is 7. The minimum Gasteiger partial charge on any atom is -0.396 e. The molecule has 11 heteroatoms. The number of aromatic nitrogens is 3. The summed E-state index contributed by atoms with van der Waals surface area (Å²) in [5.41, 5.74) is 10.2. The largest absolute Gasteiger partial charge is 0.396 e. The molecule has 1 aromatic carbocycles. The van der Waals surface area contributed by atoms with Crippen molar-refractivity contribution in [1.29, 1.82) is 0 Å². The van der Waals surface area contributed by atoms with Crippen LogP contribution in [0, 0.1) is 12.7 Å². The lowest BCUT2D eigenvalue weighted by Gasteiger charge is -2.42. The number of amides is 1. The monoisotopic (exact) mass is 579 g/mol. The average molecular weight is 580 g/mol. The standard InChI is InChI=1S/C30H35ClFN7O2/c1-6-24(40)36-13-14-38(19(5)15-36)29-20-10-12-37(28-22(32)8-7-21(31)25(28)33)16-23(20)39(30(41)35-29)27-18(4)9-11-34-26(27)17(2)3/h6-9,11,17,19H,1,10,12-16,33H2,2-5H3/t19-/m0/s1. The maximum absolute atomic E-state index is 15.2. The summed E-state index contributed by atoms with van der Waals surface area (Å²) < 4.78 is 16.8. The molecule has 3 aromatic rings. The van der Waals surface area contributed by atoms with E-state index in [9.17, 15) is 9.59 Å². The van der Waals surface area contributed by atoms with E-state index in [0.717, 1.165) is 16.8 Å². The van der Waals surface area contributed by atoms with E-state index in [1.807, 2.05) is 38.7 Å². The number of rotatable bonds is 5. The molecule has 2 aromatic heterocycles. The van der Waals surface area contributed by atoms with E-state index in [-0.39, 0.29) is 40.8 Å². The fraction of sp³-hybridized carbons (Fsp3) is 0.400. The van der Waals surface area contributed by atoms with Gasteiger partial charge in [0.25, 0.3) is 0 Å². The molecule has 216 valence electrons. The van der Waals surface area contributed by atoms with Gasteiger partial charge >= 0.3 is 5.69 Å². The second-order valence-electron chi connectivity index (χ2n) is 11.0. The van der Waals surface area contributed by atoms with Gasteiger partial charge in [-0.1, -0.05) is 32.0 Å². The molecule has 9 nitrogen and oxygen atoms in total. The molecule has 2 N–H and O–H groups in total. The van der Waals surface area contributed by atoms with Crippen molar-refractivity contribution in [3.05, 3.63) is 80.9 Å². The Labute approximate surface area is 244 Å². The van der Waals surface area contributed by atoms with Crippen LogP contribution in [0.2, 0.25) is 5.02 Å². The van der Waals surface area contributed by atoms with E-state index < -0.39 is 11.5 Å². The van der Waals surface area contributed by atoms with Gasteiger partial charge in [0.05, 0.1) is 40.0 Å². The summed E-state index contributed by atoms with van der Waals surface area (Å²) >= 11 is 6.29. The van der Waals surface area contributed by atoms with Crippen molar-refractivity contribution >= 4 is 34.7 Å². The molecule has 1 amide bonds. The van der Waals surface area contributed by atoms with E-state index in [4.69, 9.17) is 17.3 Å². The Balaban J connectivity index is 1.70. The summed E-state index contributed by atoms with van der Waals surface area (Å²) in [4.78, 5) is 41.3. The SMILES string of the molecule is C=CC(=O)N1CCN(c2nc(=O)n(-c3c(C)ccnc3C(C)C)c3c2CCN(c2c(F)ccc(Cl)c2N)C3)[C@@H](C)C1. The van der Waals surface area contributed by atoms with Crippen molar-refractivity contribution < 1.29 is 9.18 Å². The number of piperazine rings is 1. The molecule has 5 rings (SSSR count). The molecule has 4 heterocycles. The highest BCUT2D eigenvalue weighted by atomic mass is 35.5. The lowest BCUT2D eigenvalue weighted by atomic mass is 9.99. The minimum absolute atomic E-state index is 0.0448. The Bertz CT molecular complexity index is 1590. The number of carbonyl (C=O) groups is 1. The van der Waals surface area contributed by atoms with E-state index in [1.54, 1.807) is 15.7 Å². The summed E-state index contributed by atoms with van der Waals surface area (Å²) in [5.74, 6) is 0.0529. The number of hydrogen-bond donors (Lipinski definition) is 1. The average Bonchev–Trinajstić information content (AvgIpc) is 2.94. The van der Waals surface area contributed by atoms with Crippen LogP contribution < -0.4 is 21.2 Å². The van der Waals surface area contributed by atoms with Crippen molar-refractivity contribution in [3.8, 4) is 5.69 Å². The predicted octanol–water partition coefficient (Wildman–Crippen LogP) is 4.22. The molecule has 1 fully saturated rings. The topological polar surface area (TPSA) is 101 Å². The first-order chi connectivity index (χ1) is 19.5. The molecule has 0 saturated carbocycles. The third-order valence-electron chi connectivity index (χ3n) is 7.99. The summed E-state index contributed by atoms with van der Waals surface area (Å²) in [7, 11) is 0. The highest BCUT2D eigenvalue weighted by Crippen LogP contribution is 2.38. The maximum Gasteiger partial charge on any atom is 0.354 e. The number of fused-ring (bicyclic) bond motifs is 1. The van der Waals surface area contributed by atoms with Crippen LogP contribution in [0.4, 0.5) is 21.6 Å². The lowest BCUT2D eigenvalue weighted by molar-refractivity contribution is -0.126. The van der Waals surface area contributed by atoms with Gasteiger partial charge in [0.1, 0.15) is 11.6 Å². The molecule has 0 aliphatic carbocycles. The van der Waals surface area contributed by atoms with Gasteiger partial charge in [0.15, 0.2) is 0 Å². The highest BCUT2D eigenvalue weighted by Gasteiger charge is 2.34. The summed E-state index contributed by atoms with van der Waals surface area (Å²) in [6.45, 7) is 13.8. The van der Waals surface area contributed by atoms with Gasteiger partial charge in [-0.3, -0.25) is 14.3 Å². The van der Waals surface area contributed by atoms with Crippen molar-refractivity contribution in [2.24, 2.45) is 0 Å². The molecule has 1 atom stereocenters. The van der Waals surface area contributed by atoms with Crippen molar-refractivity contribution in [1.82, 2.24) is 19.4 Å². The Kier molecular flexibility index (Phi) is 7.78. The number of carbonyl (C=O) groups excluding carboxylic acids is 1. The van der Waals surface area contributed by atoms with Crippen LogP contribution in [0.5, 0.6) is 0 Å². The molecule has 0 spiro atoms. The van der Waals surface area contributed by atoms with Gasteiger partial charge in [-0.15, -0.1) is 0 Å². The fourth-order valence-electron chi connectivity index (χ4n) is 5.94. The van der Waals surface area contributed by atoms with Crippen LogP contribution in [-0.2, 0) is 17.8 Å². The first kappa shape index (κ1) is 28.6. The first-order valence-electron chi connectivity index (χ1n) is 13.8. The molecular weight excluding hydrogens is 545 g/mol. The Morgan fingerprint density at radius 2 is 1.98 bits per heavy atom. The normalized spacial score (nSPS) is 17.1. The summed E-state index contributed by atoms with van der Waals surface area (Å²) in [6.07, 6.45) is 3.56. The molecule has 0 bridgehead atoms. The van der Waals surface area contributed by atoms with Gasteiger partial charge in [0, 0.05) is 44.0 Å². The van der Waals surface area contributed by atoms with Crippen LogP contribution in [-0.4, -0.2) is 57.6 Å². The number of nitrogens with zero attached hydrogens (tertiary/aromatic N) is 6. The van der Waals surface area contributed by atoms with Crippen molar-refractivity contribution in [3.63, 3.8) is 0 Å². The fourth-order valence-corrected chi connectivity index (χ4v) is 6.09. The number of anilines is 3. The minimum atomic E-state index is -0.476. The number of halogens is 2. The molecule has 1 saturated heterocycles. The van der Waals surface area contributed by atoms with Gasteiger partial charge in [-0.2, -0.15) is 4.98 Å². The molecule has 0 radical (unpaired) electrons. The van der Waals surface area contributed by atoms with E-state index in [2.05, 4.69) is 21.4 Å². The van der Waals surface area contributed by atoms with E-state index in [0.29, 0.717) is 49.8 Å². The van der Waals surface area contributed by atoms with Crippen molar-refractivity contribution in [2.75, 3.05) is 41.7 Å². The smallest absolute Gasteiger partial charge is 0.354 e. The number of benzene rings is 1. The van der Waals surface area contributed by atoms with Gasteiger partial charge in [-0.25, -0.2) is 9.18 Å². The molecule has 0 unspecified atom stereocenters. The zero-order valence-corrected chi connectivity index (χ0v) is 24.6. The molecular formula is C30H35ClFN7O2. The second kappa shape index (κ2) is 11.2. The Morgan fingerprint density at radius 1 is 1.22 bits per heavy atom. The van der Waals surface area contributed by atoms with Crippen molar-refractivity contribution in [2.45, 2.75) is 52.6 Å². The zero-order chi connectivity index (χ0) is 29.6.